The summed E-state index contributed by atoms with van der Waals surface area (Å²) in [5, 5.41) is 3.52. The van der Waals surface area contributed by atoms with Crippen molar-refractivity contribution in [1.82, 2.24) is 15.3 Å². The molecule has 0 spiro atoms. The molecule has 120 valence electrons. The number of aromatic nitrogens is 2. The van der Waals surface area contributed by atoms with E-state index in [1.165, 1.54) is 16.7 Å². The topological polar surface area (TPSA) is 37.8 Å². The van der Waals surface area contributed by atoms with E-state index in [1.54, 1.807) is 6.33 Å². The zero-order chi connectivity index (χ0) is 17.0. The van der Waals surface area contributed by atoms with Gasteiger partial charge in [-0.25, -0.2) is 9.97 Å². The Labute approximate surface area is 139 Å². The molecule has 0 aliphatic rings. The van der Waals surface area contributed by atoms with E-state index in [0.29, 0.717) is 0 Å². The Balaban J connectivity index is 2.25. The highest BCUT2D eigenvalue weighted by Gasteiger charge is 2.15. The van der Waals surface area contributed by atoms with Gasteiger partial charge in [-0.05, 0) is 49.4 Å². The fraction of sp³-hybridized carbons (Fsp3) is 0.300. The second-order valence-corrected chi connectivity index (χ2v) is 5.99. The van der Waals surface area contributed by atoms with Crippen molar-refractivity contribution >= 4 is 11.3 Å². The zero-order valence-corrected chi connectivity index (χ0v) is 14.5. The summed E-state index contributed by atoms with van der Waals surface area (Å²) in [4.78, 5) is 8.37. The van der Waals surface area contributed by atoms with E-state index in [2.05, 4.69) is 60.5 Å². The molecule has 0 saturated heterocycles. The molecule has 1 heterocycles. The second kappa shape index (κ2) is 7.23. The lowest BCUT2D eigenvalue weighted by atomic mass is 9.95. The van der Waals surface area contributed by atoms with E-state index in [-0.39, 0.29) is 6.04 Å². The molecule has 1 aromatic heterocycles. The van der Waals surface area contributed by atoms with Crippen molar-refractivity contribution in [2.24, 2.45) is 0 Å². The Morgan fingerprint density at radius 1 is 1.22 bits per heavy atom. The highest BCUT2D eigenvalue weighted by molar-refractivity contribution is 5.63. The molecule has 2 aromatic rings. The molecular formula is C20H25N3. The van der Waals surface area contributed by atoms with Crippen LogP contribution in [0.1, 0.15) is 54.3 Å². The number of hydrogen-bond donors (Lipinski definition) is 1. The molecule has 3 heteroatoms. The zero-order valence-electron chi connectivity index (χ0n) is 14.5. The highest BCUT2D eigenvalue weighted by atomic mass is 15.0. The predicted octanol–water partition coefficient (Wildman–Crippen LogP) is 4.84. The number of benzene rings is 1. The van der Waals surface area contributed by atoms with Gasteiger partial charge in [-0.2, -0.15) is 0 Å². The summed E-state index contributed by atoms with van der Waals surface area (Å²) in [6.07, 6.45) is 4.34. The molecular weight excluding hydrogens is 282 g/mol. The maximum Gasteiger partial charge on any atom is 0.116 e. The van der Waals surface area contributed by atoms with E-state index in [1.807, 2.05) is 20.0 Å². The molecule has 0 bridgehead atoms. The molecule has 3 nitrogen and oxygen atoms in total. The Morgan fingerprint density at radius 2 is 1.96 bits per heavy atom. The van der Waals surface area contributed by atoms with E-state index >= 15 is 0 Å². The van der Waals surface area contributed by atoms with Gasteiger partial charge in [-0.1, -0.05) is 43.9 Å². The fourth-order valence-electron chi connectivity index (χ4n) is 2.73. The van der Waals surface area contributed by atoms with Crippen LogP contribution in [0.3, 0.4) is 0 Å². The summed E-state index contributed by atoms with van der Waals surface area (Å²) in [6, 6.07) is 6.71. The first-order chi connectivity index (χ1) is 10.9. The van der Waals surface area contributed by atoms with Crippen molar-refractivity contribution in [2.75, 3.05) is 0 Å². The number of aryl methyl sites for hydroxylation is 2. The third-order valence-corrected chi connectivity index (χ3v) is 4.08. The molecule has 0 radical (unpaired) electrons. The van der Waals surface area contributed by atoms with Gasteiger partial charge in [0, 0.05) is 6.20 Å². The first-order valence-corrected chi connectivity index (χ1v) is 7.92. The summed E-state index contributed by atoms with van der Waals surface area (Å²) >= 11 is 0. The summed E-state index contributed by atoms with van der Waals surface area (Å²) < 4.78 is 0. The Hall–Kier alpha value is -2.42. The van der Waals surface area contributed by atoms with Gasteiger partial charge in [-0.15, -0.1) is 0 Å². The molecule has 0 unspecified atom stereocenters. The lowest BCUT2D eigenvalue weighted by molar-refractivity contribution is 0.609. The Morgan fingerprint density at radius 3 is 2.52 bits per heavy atom. The van der Waals surface area contributed by atoms with Crippen LogP contribution in [-0.4, -0.2) is 9.97 Å². The second-order valence-electron chi connectivity index (χ2n) is 5.99. The number of nitrogens with zero attached hydrogens (tertiary/aromatic N) is 2. The summed E-state index contributed by atoms with van der Waals surface area (Å²) in [5.74, 6) is 0. The van der Waals surface area contributed by atoms with E-state index < -0.39 is 0 Å². The first-order valence-electron chi connectivity index (χ1n) is 7.92. The van der Waals surface area contributed by atoms with Gasteiger partial charge in [0.1, 0.15) is 6.33 Å². The van der Waals surface area contributed by atoms with Crippen molar-refractivity contribution in [3.05, 3.63) is 71.8 Å². The van der Waals surface area contributed by atoms with Gasteiger partial charge in [-0.3, -0.25) is 0 Å². The molecule has 1 aromatic carbocycles. The summed E-state index contributed by atoms with van der Waals surface area (Å²) in [7, 11) is 0. The monoisotopic (exact) mass is 307 g/mol. The summed E-state index contributed by atoms with van der Waals surface area (Å²) in [6.45, 7) is 16.5. The third-order valence-electron chi connectivity index (χ3n) is 4.08. The van der Waals surface area contributed by atoms with Gasteiger partial charge in [0.05, 0.1) is 17.4 Å². The van der Waals surface area contributed by atoms with Crippen molar-refractivity contribution in [3.63, 3.8) is 0 Å². The van der Waals surface area contributed by atoms with Gasteiger partial charge in [0.2, 0.25) is 0 Å². The van der Waals surface area contributed by atoms with Crippen LogP contribution in [0, 0.1) is 13.8 Å². The average Bonchev–Trinajstić information content (AvgIpc) is 2.53. The van der Waals surface area contributed by atoms with Crippen LogP contribution in [0.5, 0.6) is 0 Å². The maximum atomic E-state index is 4.33. The number of rotatable bonds is 6. The molecule has 2 rings (SSSR count). The molecule has 0 aliphatic heterocycles. The van der Waals surface area contributed by atoms with Crippen LogP contribution in [0.25, 0.3) is 11.3 Å². The molecule has 1 atom stereocenters. The normalized spacial score (nSPS) is 11.8. The van der Waals surface area contributed by atoms with Gasteiger partial charge >= 0.3 is 0 Å². The van der Waals surface area contributed by atoms with Crippen LogP contribution < -0.4 is 5.32 Å². The minimum atomic E-state index is 0.205. The van der Waals surface area contributed by atoms with Crippen LogP contribution >= 0.6 is 0 Å². The van der Waals surface area contributed by atoms with Crippen molar-refractivity contribution in [2.45, 2.75) is 40.2 Å². The number of hydrogen-bond acceptors (Lipinski definition) is 3. The van der Waals surface area contributed by atoms with Gasteiger partial charge < -0.3 is 5.32 Å². The smallest absolute Gasteiger partial charge is 0.116 e. The standard InChI is InChI=1S/C20H25N3/c1-7-19(18-9-8-17(13(2)3)10-14(18)4)23-16(6)20-15(5)11-21-12-22-20/h8-12,19,23H,2,6-7H2,1,3-5H3/t19-/m0/s1. The summed E-state index contributed by atoms with van der Waals surface area (Å²) in [5.41, 5.74) is 7.54. The van der Waals surface area contributed by atoms with Crippen LogP contribution in [-0.2, 0) is 0 Å². The third kappa shape index (κ3) is 3.86. The van der Waals surface area contributed by atoms with Crippen molar-refractivity contribution < 1.29 is 0 Å². The fourth-order valence-corrected chi connectivity index (χ4v) is 2.73. The largest absolute Gasteiger partial charge is 0.377 e. The quantitative estimate of drug-likeness (QED) is 0.830. The van der Waals surface area contributed by atoms with Gasteiger partial charge in [0.15, 0.2) is 0 Å². The minimum Gasteiger partial charge on any atom is -0.377 e. The molecule has 0 amide bonds. The minimum absolute atomic E-state index is 0.205. The SMILES string of the molecule is C=C(C)c1ccc([C@H](CC)NC(=C)c2ncncc2C)c(C)c1. The lowest BCUT2D eigenvalue weighted by Gasteiger charge is -2.23. The van der Waals surface area contributed by atoms with E-state index in [0.717, 1.165) is 28.9 Å². The number of nitrogens with one attached hydrogen (secondary N) is 1. The lowest BCUT2D eigenvalue weighted by Crippen LogP contribution is -2.21. The molecule has 1 N–H and O–H groups in total. The van der Waals surface area contributed by atoms with Crippen LogP contribution in [0.4, 0.5) is 0 Å². The molecule has 0 aliphatic carbocycles. The van der Waals surface area contributed by atoms with Crippen LogP contribution in [0.2, 0.25) is 0 Å². The molecule has 0 saturated carbocycles. The molecule has 23 heavy (non-hydrogen) atoms. The van der Waals surface area contributed by atoms with Crippen LogP contribution in [0.15, 0.2) is 43.9 Å². The number of allylic oxidation sites excluding steroid dienone is 1. The average molecular weight is 307 g/mol. The van der Waals surface area contributed by atoms with E-state index in [9.17, 15) is 0 Å². The van der Waals surface area contributed by atoms with E-state index in [4.69, 9.17) is 0 Å². The Kier molecular flexibility index (Phi) is 5.32. The van der Waals surface area contributed by atoms with Crippen molar-refractivity contribution in [1.29, 1.82) is 0 Å². The maximum absolute atomic E-state index is 4.33. The van der Waals surface area contributed by atoms with Gasteiger partial charge in [0.25, 0.3) is 0 Å². The first kappa shape index (κ1) is 16.9. The van der Waals surface area contributed by atoms with Crippen molar-refractivity contribution in [3.8, 4) is 0 Å². The molecule has 0 fully saturated rings. The highest BCUT2D eigenvalue weighted by Crippen LogP contribution is 2.26. The predicted molar refractivity (Wildman–Crippen MR) is 97.9 cm³/mol. The Bertz CT molecular complexity index is 731.